The topological polar surface area (TPSA) is 37.3 Å². The number of hydrogen-bond donors (Lipinski definition) is 1. The van der Waals surface area contributed by atoms with Crippen LogP contribution in [-0.2, 0) is 4.79 Å². The normalized spacial score (nSPS) is 45.3. The van der Waals surface area contributed by atoms with Gasteiger partial charge in [-0.3, -0.25) is 4.79 Å². The number of rotatable bonds is 1. The summed E-state index contributed by atoms with van der Waals surface area (Å²) in [5, 5.41) is 9.86. The van der Waals surface area contributed by atoms with Gasteiger partial charge in [0.25, 0.3) is 0 Å². The second kappa shape index (κ2) is 6.00. The van der Waals surface area contributed by atoms with Crippen molar-refractivity contribution in [3.63, 3.8) is 0 Å². The highest BCUT2D eigenvalue weighted by Gasteiger charge is 2.57. The van der Waals surface area contributed by atoms with Crippen LogP contribution in [-0.4, -0.2) is 10.9 Å². The van der Waals surface area contributed by atoms with Crippen molar-refractivity contribution in [1.29, 1.82) is 0 Å². The first-order valence-corrected chi connectivity index (χ1v) is 9.88. The predicted molar refractivity (Wildman–Crippen MR) is 101 cm³/mol. The van der Waals surface area contributed by atoms with Crippen LogP contribution < -0.4 is 0 Å². The molecule has 0 radical (unpaired) electrons. The molecule has 4 rings (SSSR count). The molecule has 0 amide bonds. The van der Waals surface area contributed by atoms with E-state index in [-0.39, 0.29) is 5.78 Å². The van der Waals surface area contributed by atoms with Crippen LogP contribution in [0.2, 0.25) is 0 Å². The second-order valence-corrected chi connectivity index (χ2v) is 8.91. The summed E-state index contributed by atoms with van der Waals surface area (Å²) in [5.74, 6) is 3.11. The van der Waals surface area contributed by atoms with E-state index in [0.29, 0.717) is 41.4 Å². The average Bonchev–Trinajstić information content (AvgIpc) is 2.85. The van der Waals surface area contributed by atoms with Crippen molar-refractivity contribution >= 4 is 5.78 Å². The Bertz CT molecular complexity index is 695. The van der Waals surface area contributed by atoms with Gasteiger partial charge in [-0.2, -0.15) is 0 Å². The maximum absolute atomic E-state index is 11.9. The third kappa shape index (κ3) is 2.40. The smallest absolute Gasteiger partial charge is 0.156 e. The van der Waals surface area contributed by atoms with E-state index in [4.69, 9.17) is 0 Å². The molecule has 134 valence electrons. The zero-order valence-corrected chi connectivity index (χ0v) is 15.5. The summed E-state index contributed by atoms with van der Waals surface area (Å²) in [6, 6.07) is 0. The van der Waals surface area contributed by atoms with Crippen molar-refractivity contribution in [3.8, 4) is 0 Å². The molecule has 0 spiro atoms. The number of aliphatic hydroxyl groups is 1. The van der Waals surface area contributed by atoms with Crippen LogP contribution in [0.25, 0.3) is 0 Å². The molecule has 2 nitrogen and oxygen atoms in total. The van der Waals surface area contributed by atoms with Crippen LogP contribution >= 0.6 is 0 Å². The Kier molecular flexibility index (Phi) is 4.05. The summed E-state index contributed by atoms with van der Waals surface area (Å²) in [4.78, 5) is 11.9. The molecule has 0 aromatic carbocycles. The van der Waals surface area contributed by atoms with Crippen LogP contribution in [0.5, 0.6) is 0 Å². The number of allylic oxidation sites excluding steroid dienone is 5. The van der Waals surface area contributed by atoms with Crippen molar-refractivity contribution in [2.24, 2.45) is 35.0 Å². The van der Waals surface area contributed by atoms with E-state index in [0.717, 1.165) is 30.4 Å². The van der Waals surface area contributed by atoms with Crippen LogP contribution in [0.3, 0.4) is 0 Å². The number of ketones is 1. The summed E-state index contributed by atoms with van der Waals surface area (Å²) in [7, 11) is 0. The lowest BCUT2D eigenvalue weighted by Crippen LogP contribution is -2.46. The highest BCUT2D eigenvalue weighted by atomic mass is 16.2. The maximum Gasteiger partial charge on any atom is 0.156 e. The van der Waals surface area contributed by atoms with E-state index in [1.807, 2.05) is 6.08 Å². The molecule has 3 fully saturated rings. The zero-order chi connectivity index (χ0) is 17.8. The molecular weight excluding hydrogens is 308 g/mol. The van der Waals surface area contributed by atoms with Gasteiger partial charge in [-0.15, -0.1) is 0 Å². The molecule has 2 heteroatoms. The lowest BCUT2D eigenvalue weighted by atomic mass is 9.50. The average molecular weight is 338 g/mol. The fraction of sp³-hybridized carbons (Fsp3) is 0.609. The molecule has 3 saturated carbocycles. The number of carbonyl (C=O) groups excluding carboxylic acids is 1. The third-order valence-corrected chi connectivity index (χ3v) is 7.86. The Morgan fingerprint density at radius 1 is 1.28 bits per heavy atom. The van der Waals surface area contributed by atoms with E-state index in [1.54, 1.807) is 0 Å². The largest absolute Gasteiger partial charge is 0.515 e. The predicted octanol–water partition coefficient (Wildman–Crippen LogP) is 5.54. The quantitative estimate of drug-likeness (QED) is 0.503. The summed E-state index contributed by atoms with van der Waals surface area (Å²) in [6.45, 7) is 9.00. The molecule has 0 aromatic rings. The Morgan fingerprint density at radius 2 is 2.08 bits per heavy atom. The van der Waals surface area contributed by atoms with Crippen molar-refractivity contribution in [3.05, 3.63) is 47.8 Å². The van der Waals surface area contributed by atoms with E-state index in [2.05, 4.69) is 32.6 Å². The highest BCUT2D eigenvalue weighted by Crippen LogP contribution is 2.65. The lowest BCUT2D eigenvalue weighted by molar-refractivity contribution is -0.115. The summed E-state index contributed by atoms with van der Waals surface area (Å²) < 4.78 is 0. The van der Waals surface area contributed by atoms with Crippen molar-refractivity contribution in [2.45, 2.75) is 52.4 Å². The van der Waals surface area contributed by atoms with Crippen LogP contribution in [0.1, 0.15) is 52.4 Å². The first kappa shape index (κ1) is 16.9. The minimum absolute atomic E-state index is 0.229. The maximum atomic E-state index is 11.9. The molecule has 0 unspecified atom stereocenters. The summed E-state index contributed by atoms with van der Waals surface area (Å²) >= 11 is 0. The number of hydrogen-bond acceptors (Lipinski definition) is 2. The van der Waals surface area contributed by atoms with Gasteiger partial charge in [-0.05, 0) is 85.3 Å². The minimum Gasteiger partial charge on any atom is -0.515 e. The highest BCUT2D eigenvalue weighted by molar-refractivity contribution is 5.92. The summed E-state index contributed by atoms with van der Waals surface area (Å²) in [6.07, 6.45) is 13.8. The molecule has 0 aliphatic heterocycles. The van der Waals surface area contributed by atoms with Gasteiger partial charge in [0.05, 0.1) is 6.26 Å². The van der Waals surface area contributed by atoms with E-state index >= 15 is 0 Å². The Labute approximate surface area is 151 Å². The minimum atomic E-state index is 0.229. The van der Waals surface area contributed by atoms with Gasteiger partial charge in [0.1, 0.15) is 0 Å². The first-order valence-electron chi connectivity index (χ1n) is 9.88. The molecule has 0 aromatic heterocycles. The van der Waals surface area contributed by atoms with Crippen molar-refractivity contribution in [2.75, 3.05) is 0 Å². The Morgan fingerprint density at radius 3 is 2.80 bits per heavy atom. The van der Waals surface area contributed by atoms with Gasteiger partial charge < -0.3 is 5.11 Å². The van der Waals surface area contributed by atoms with Gasteiger partial charge in [-0.1, -0.05) is 31.2 Å². The van der Waals surface area contributed by atoms with Crippen molar-refractivity contribution in [1.82, 2.24) is 0 Å². The molecule has 0 bridgehead atoms. The van der Waals surface area contributed by atoms with Gasteiger partial charge >= 0.3 is 0 Å². The van der Waals surface area contributed by atoms with Crippen LogP contribution in [0.15, 0.2) is 47.8 Å². The fourth-order valence-corrected chi connectivity index (χ4v) is 6.73. The third-order valence-electron chi connectivity index (χ3n) is 7.86. The number of fused-ring (bicyclic) bond motifs is 5. The number of carbonyl (C=O) groups is 1. The van der Waals surface area contributed by atoms with Gasteiger partial charge in [-0.25, -0.2) is 0 Å². The lowest BCUT2D eigenvalue weighted by Gasteiger charge is -2.54. The second-order valence-electron chi connectivity index (χ2n) is 8.91. The molecule has 4 aliphatic carbocycles. The van der Waals surface area contributed by atoms with E-state index in [9.17, 15) is 9.90 Å². The molecule has 25 heavy (non-hydrogen) atoms. The van der Waals surface area contributed by atoms with Gasteiger partial charge in [0, 0.05) is 12.3 Å². The van der Waals surface area contributed by atoms with Gasteiger partial charge in [0.2, 0.25) is 0 Å². The molecule has 4 aliphatic rings. The van der Waals surface area contributed by atoms with Crippen LogP contribution in [0.4, 0.5) is 0 Å². The SMILES string of the molecule is C=C1C[C@H]2[C@@H]3C/C(=C\O)C4=CC(=O)CC[C@@H]4[C@H]3CC[C@]2(C)[C@@H]1/C=C/C. The van der Waals surface area contributed by atoms with Crippen molar-refractivity contribution < 1.29 is 9.90 Å². The first-order chi connectivity index (χ1) is 12.0. The van der Waals surface area contributed by atoms with Crippen LogP contribution in [0, 0.1) is 35.0 Å². The Balaban J connectivity index is 1.71. The van der Waals surface area contributed by atoms with Gasteiger partial charge in [0.15, 0.2) is 5.78 Å². The molecule has 6 atom stereocenters. The molecule has 0 saturated heterocycles. The zero-order valence-electron chi connectivity index (χ0n) is 15.5. The standard InChI is InChI=1S/C23H30O2/c1-4-5-21-14(2)10-22-20-11-15(13-24)19-12-16(25)6-7-17(19)18(20)8-9-23(21,22)3/h4-5,12-13,17-18,20-22,24H,2,6-11H2,1,3H3/b5-4+,15-13+/t17-,18-,20-,21-,22+,23-/m1/s1. The summed E-state index contributed by atoms with van der Waals surface area (Å²) in [5.41, 5.74) is 3.85. The fourth-order valence-electron chi connectivity index (χ4n) is 6.73. The molecule has 0 heterocycles. The number of aliphatic hydroxyl groups excluding tert-OH is 1. The molecule has 1 N–H and O–H groups in total. The van der Waals surface area contributed by atoms with E-state index in [1.165, 1.54) is 24.7 Å². The Hall–Kier alpha value is -1.57. The molecular formula is C23H30O2. The monoisotopic (exact) mass is 338 g/mol. The van der Waals surface area contributed by atoms with E-state index < -0.39 is 0 Å².